The first-order chi connectivity index (χ1) is 15.6. The van der Waals surface area contributed by atoms with Crippen molar-refractivity contribution in [3.8, 4) is 23.0 Å². The minimum Gasteiger partial charge on any atom is -0.368 e. The lowest BCUT2D eigenvalue weighted by Crippen LogP contribution is -2.17. The number of aryl methyl sites for hydroxylation is 1. The van der Waals surface area contributed by atoms with E-state index in [9.17, 15) is 4.39 Å². The normalized spacial score (nSPS) is 14.5. The molecule has 2 heterocycles. The van der Waals surface area contributed by atoms with Crippen molar-refractivity contribution in [2.24, 2.45) is 13.0 Å². The van der Waals surface area contributed by atoms with Gasteiger partial charge < -0.3 is 5.32 Å². The molecule has 0 atom stereocenters. The summed E-state index contributed by atoms with van der Waals surface area (Å²) in [5.41, 5.74) is 3.37. The van der Waals surface area contributed by atoms with Crippen LogP contribution in [0.4, 0.5) is 10.2 Å². The van der Waals surface area contributed by atoms with Crippen LogP contribution >= 0.6 is 0 Å². The van der Waals surface area contributed by atoms with Gasteiger partial charge >= 0.3 is 0 Å². The molecule has 1 saturated carbocycles. The predicted octanol–water partition coefficient (Wildman–Crippen LogP) is 5.43. The Bertz CT molecular complexity index is 1310. The highest BCUT2D eigenvalue weighted by Gasteiger charge is 2.17. The molecule has 1 aliphatic carbocycles. The number of nitriles is 1. The Labute approximate surface area is 186 Å². The van der Waals surface area contributed by atoms with Crippen LogP contribution < -0.4 is 5.32 Å². The van der Waals surface area contributed by atoms with Crippen LogP contribution in [0.5, 0.6) is 0 Å². The van der Waals surface area contributed by atoms with Crippen LogP contribution in [0.1, 0.15) is 37.7 Å². The average molecular weight is 429 g/mol. The van der Waals surface area contributed by atoms with Crippen LogP contribution in [0.3, 0.4) is 0 Å². The number of hydrogen-bond acceptors (Lipinski definition) is 4. The van der Waals surface area contributed by atoms with E-state index in [0.29, 0.717) is 11.5 Å². The minimum absolute atomic E-state index is 0.0345. The highest BCUT2D eigenvalue weighted by Crippen LogP contribution is 2.30. The summed E-state index contributed by atoms with van der Waals surface area (Å²) in [7, 11) is 1.91. The van der Waals surface area contributed by atoms with E-state index in [-0.39, 0.29) is 5.56 Å². The van der Waals surface area contributed by atoms with Gasteiger partial charge in [-0.25, -0.2) is 9.07 Å². The highest BCUT2D eigenvalue weighted by atomic mass is 19.1. The second-order valence-electron chi connectivity index (χ2n) is 8.53. The number of nitrogens with one attached hydrogen (secondary N) is 1. The number of rotatable bonds is 5. The topological polar surface area (TPSA) is 71.5 Å². The predicted molar refractivity (Wildman–Crippen MR) is 123 cm³/mol. The van der Waals surface area contributed by atoms with E-state index >= 15 is 0 Å². The summed E-state index contributed by atoms with van der Waals surface area (Å²) < 4.78 is 18.1. The smallest absolute Gasteiger partial charge is 0.149 e. The zero-order valence-corrected chi connectivity index (χ0v) is 18.1. The summed E-state index contributed by atoms with van der Waals surface area (Å²) in [4.78, 5) is 0. The zero-order valence-electron chi connectivity index (χ0n) is 18.1. The molecule has 2 aromatic carbocycles. The van der Waals surface area contributed by atoms with E-state index in [1.165, 1.54) is 44.2 Å². The molecule has 7 heteroatoms. The highest BCUT2D eigenvalue weighted by molar-refractivity contribution is 5.81. The van der Waals surface area contributed by atoms with Gasteiger partial charge in [-0.15, -0.1) is 5.10 Å². The number of aromatic nitrogens is 4. The first-order valence-corrected chi connectivity index (χ1v) is 11.1. The van der Waals surface area contributed by atoms with E-state index in [4.69, 9.17) is 10.4 Å². The molecule has 0 radical (unpaired) electrons. The summed E-state index contributed by atoms with van der Waals surface area (Å²) >= 11 is 0. The zero-order chi connectivity index (χ0) is 22.1. The van der Waals surface area contributed by atoms with Gasteiger partial charge in [0.15, 0.2) is 0 Å². The fourth-order valence-corrected chi connectivity index (χ4v) is 4.56. The van der Waals surface area contributed by atoms with Crippen molar-refractivity contribution in [2.45, 2.75) is 32.1 Å². The SMILES string of the molecule is Cn1ncc2cc(-n3nc(NCC4CCCCC4)cc3-c3ccc(C#N)c(F)c3)ccc21. The summed E-state index contributed by atoms with van der Waals surface area (Å²) in [6, 6.07) is 14.6. The van der Waals surface area contributed by atoms with Crippen LogP contribution in [0.25, 0.3) is 27.8 Å². The number of halogens is 1. The Morgan fingerprint density at radius 2 is 1.97 bits per heavy atom. The second kappa shape index (κ2) is 8.46. The molecule has 4 aromatic rings. The lowest BCUT2D eigenvalue weighted by atomic mass is 9.89. The summed E-state index contributed by atoms with van der Waals surface area (Å²) in [6.45, 7) is 0.889. The van der Waals surface area contributed by atoms with Crippen LogP contribution in [0.15, 0.2) is 48.7 Å². The van der Waals surface area contributed by atoms with Gasteiger partial charge in [-0.3, -0.25) is 4.68 Å². The number of hydrogen-bond donors (Lipinski definition) is 1. The van der Waals surface area contributed by atoms with Gasteiger partial charge in [0.05, 0.1) is 28.7 Å². The van der Waals surface area contributed by atoms with Gasteiger partial charge in [-0.1, -0.05) is 25.3 Å². The molecule has 5 rings (SSSR count). The van der Waals surface area contributed by atoms with Crippen LogP contribution in [0, 0.1) is 23.1 Å². The quantitative estimate of drug-likeness (QED) is 0.460. The van der Waals surface area contributed by atoms with Crippen molar-refractivity contribution in [3.05, 3.63) is 60.0 Å². The van der Waals surface area contributed by atoms with Crippen LogP contribution in [-0.2, 0) is 7.05 Å². The first-order valence-electron chi connectivity index (χ1n) is 11.1. The van der Waals surface area contributed by atoms with Crippen LogP contribution in [0.2, 0.25) is 0 Å². The summed E-state index contributed by atoms with van der Waals surface area (Å²) in [6.07, 6.45) is 8.24. The van der Waals surface area contributed by atoms with Crippen molar-refractivity contribution in [1.82, 2.24) is 19.6 Å². The maximum absolute atomic E-state index is 14.4. The van der Waals surface area contributed by atoms with Crippen molar-refractivity contribution >= 4 is 16.7 Å². The molecule has 6 nitrogen and oxygen atoms in total. The molecule has 0 amide bonds. The lowest BCUT2D eigenvalue weighted by Gasteiger charge is -2.21. The maximum Gasteiger partial charge on any atom is 0.149 e. The summed E-state index contributed by atoms with van der Waals surface area (Å²) in [5.74, 6) is 0.898. The number of fused-ring (bicyclic) bond motifs is 1. The van der Waals surface area contributed by atoms with E-state index in [0.717, 1.165) is 34.6 Å². The lowest BCUT2D eigenvalue weighted by molar-refractivity contribution is 0.373. The van der Waals surface area contributed by atoms with Gasteiger partial charge in [0.2, 0.25) is 0 Å². The molecular formula is C25H25FN6. The number of benzene rings is 2. The molecule has 162 valence electrons. The number of anilines is 1. The molecule has 1 aliphatic rings. The first kappa shape index (κ1) is 20.3. The number of nitrogens with zero attached hydrogens (tertiary/aromatic N) is 5. The monoisotopic (exact) mass is 428 g/mol. The fourth-order valence-electron chi connectivity index (χ4n) is 4.56. The Hall–Kier alpha value is -3.66. The molecule has 0 spiro atoms. The van der Waals surface area contributed by atoms with Gasteiger partial charge in [0, 0.05) is 30.6 Å². The molecule has 0 bridgehead atoms. The third kappa shape index (κ3) is 3.84. The van der Waals surface area contributed by atoms with Gasteiger partial charge in [-0.05, 0) is 49.1 Å². The van der Waals surface area contributed by atoms with E-state index in [1.54, 1.807) is 6.07 Å². The average Bonchev–Trinajstić information content (AvgIpc) is 3.42. The maximum atomic E-state index is 14.4. The Balaban J connectivity index is 1.54. The van der Waals surface area contributed by atoms with E-state index in [1.807, 2.05) is 52.9 Å². The van der Waals surface area contributed by atoms with Gasteiger partial charge in [-0.2, -0.15) is 10.4 Å². The van der Waals surface area contributed by atoms with Crippen molar-refractivity contribution in [3.63, 3.8) is 0 Å². The van der Waals surface area contributed by atoms with Crippen molar-refractivity contribution in [1.29, 1.82) is 5.26 Å². The van der Waals surface area contributed by atoms with Crippen LogP contribution in [-0.4, -0.2) is 26.1 Å². The molecule has 32 heavy (non-hydrogen) atoms. The fraction of sp³-hybridized carbons (Fsp3) is 0.320. The Kier molecular flexibility index (Phi) is 5.36. The molecule has 1 N–H and O–H groups in total. The van der Waals surface area contributed by atoms with Gasteiger partial charge in [0.1, 0.15) is 17.7 Å². The molecule has 2 aromatic heterocycles. The summed E-state index contributed by atoms with van der Waals surface area (Å²) in [5, 5.41) is 22.7. The third-order valence-electron chi connectivity index (χ3n) is 6.37. The third-order valence-corrected chi connectivity index (χ3v) is 6.37. The minimum atomic E-state index is -0.530. The molecular weight excluding hydrogens is 403 g/mol. The van der Waals surface area contributed by atoms with Crippen molar-refractivity contribution < 1.29 is 4.39 Å². The Morgan fingerprint density at radius 1 is 1.12 bits per heavy atom. The van der Waals surface area contributed by atoms with E-state index < -0.39 is 5.82 Å². The largest absolute Gasteiger partial charge is 0.368 e. The molecule has 0 unspecified atom stereocenters. The van der Waals surface area contributed by atoms with Gasteiger partial charge in [0.25, 0.3) is 0 Å². The second-order valence-corrected chi connectivity index (χ2v) is 8.53. The van der Waals surface area contributed by atoms with E-state index in [2.05, 4.69) is 10.4 Å². The molecule has 0 saturated heterocycles. The molecule has 1 fully saturated rings. The molecule has 0 aliphatic heterocycles. The van der Waals surface area contributed by atoms with Crippen molar-refractivity contribution in [2.75, 3.05) is 11.9 Å². The standard InChI is InChI=1S/C25H25FN6/c1-31-23-10-9-21(11-20(23)16-29-31)32-24(18-7-8-19(14-27)22(26)12-18)13-25(30-32)28-15-17-5-3-2-4-6-17/h7-13,16-17H,2-6,15H2,1H3,(H,28,30). The Morgan fingerprint density at radius 3 is 2.75 bits per heavy atom.